The van der Waals surface area contributed by atoms with E-state index in [0.717, 1.165) is 12.8 Å². The van der Waals surface area contributed by atoms with E-state index in [2.05, 4.69) is 19.1 Å². The van der Waals surface area contributed by atoms with Crippen molar-refractivity contribution in [1.82, 2.24) is 4.90 Å². The van der Waals surface area contributed by atoms with Gasteiger partial charge in [0.15, 0.2) is 0 Å². The zero-order chi connectivity index (χ0) is 18.2. The van der Waals surface area contributed by atoms with Gasteiger partial charge in [-0.1, -0.05) is 89.7 Å². The normalized spacial score (nSPS) is 15.7. The topological polar surface area (TPSA) is 40.0 Å². The van der Waals surface area contributed by atoms with Crippen molar-refractivity contribution in [3.8, 4) is 0 Å². The van der Waals surface area contributed by atoms with Crippen LogP contribution < -0.4 is 4.90 Å². The van der Waals surface area contributed by atoms with E-state index in [0.29, 0.717) is 19.4 Å². The number of carbonyl (C=O) groups excluding carboxylic acids is 2. The molecule has 0 saturated carbocycles. The lowest BCUT2D eigenvalue weighted by molar-refractivity contribution is -0.131. The number of amides is 2. The van der Waals surface area contributed by atoms with E-state index in [9.17, 15) is 9.59 Å². The fourth-order valence-electron chi connectivity index (χ4n) is 3.41. The van der Waals surface area contributed by atoms with E-state index >= 15 is 0 Å². The first-order chi connectivity index (χ1) is 12.3. The largest absolute Gasteiger partial charge is 0.369 e. The van der Waals surface area contributed by atoms with Crippen LogP contribution in [0.5, 0.6) is 0 Å². The molecule has 0 unspecified atom stereocenters. The molecule has 3 nitrogen and oxygen atoms in total. The van der Waals surface area contributed by atoms with Gasteiger partial charge in [-0.3, -0.25) is 0 Å². The molecule has 1 fully saturated rings. The third-order valence-corrected chi connectivity index (χ3v) is 5.07. The smallest absolute Gasteiger partial charge is 0.225 e. The molecule has 2 amide bonds. The summed E-state index contributed by atoms with van der Waals surface area (Å²) in [6.07, 6.45) is 23.7. The molecule has 143 valence electrons. The van der Waals surface area contributed by atoms with Crippen LogP contribution in [0.15, 0.2) is 12.2 Å². The van der Waals surface area contributed by atoms with Gasteiger partial charge in [-0.15, -0.1) is 0 Å². The first-order valence-electron chi connectivity index (χ1n) is 10.7. The van der Waals surface area contributed by atoms with Gasteiger partial charge >= 0.3 is 11.8 Å². The summed E-state index contributed by atoms with van der Waals surface area (Å²) in [5, 5.41) is 0. The molecule has 1 aliphatic heterocycles. The van der Waals surface area contributed by atoms with E-state index in [1.165, 1.54) is 81.9 Å². The Morgan fingerprint density at radius 1 is 0.680 bits per heavy atom. The van der Waals surface area contributed by atoms with Crippen molar-refractivity contribution < 1.29 is 9.59 Å². The van der Waals surface area contributed by atoms with E-state index in [-0.39, 0.29) is 11.8 Å². The molecule has 0 spiro atoms. The second-order valence-corrected chi connectivity index (χ2v) is 7.38. The summed E-state index contributed by atoms with van der Waals surface area (Å²) in [4.78, 5) is 24.3. The first-order valence-corrected chi connectivity index (χ1v) is 10.7. The molecule has 0 aromatic carbocycles. The fourth-order valence-corrected chi connectivity index (χ4v) is 3.41. The molecule has 1 radical (unpaired) electrons. The molecule has 0 atom stereocenters. The molecule has 0 aromatic rings. The van der Waals surface area contributed by atoms with Gasteiger partial charge in [-0.25, -0.2) is 9.59 Å². The maximum atomic E-state index is 11.5. The predicted molar refractivity (Wildman–Crippen MR) is 106 cm³/mol. The average Bonchev–Trinajstić information content (AvgIpc) is 2.93. The van der Waals surface area contributed by atoms with Crippen molar-refractivity contribution in [3.05, 3.63) is 12.2 Å². The lowest BCUT2D eigenvalue weighted by Gasteiger charge is -2.02. The molecule has 0 aromatic heterocycles. The van der Waals surface area contributed by atoms with E-state index in [1.807, 2.05) is 0 Å². The van der Waals surface area contributed by atoms with Gasteiger partial charge in [0.2, 0.25) is 0 Å². The number of rotatable bonds is 16. The molecular formula is C22H39NO2+. The van der Waals surface area contributed by atoms with Crippen molar-refractivity contribution >= 4 is 11.8 Å². The van der Waals surface area contributed by atoms with Crippen molar-refractivity contribution in [2.45, 2.75) is 110 Å². The lowest BCUT2D eigenvalue weighted by atomic mass is 10.0. The Balaban J connectivity index is 1.79. The second kappa shape index (κ2) is 15.3. The molecule has 0 aliphatic carbocycles. The molecule has 1 aliphatic rings. The number of hydrogen-bond donors (Lipinski definition) is 0. The number of hydrogen-bond acceptors (Lipinski definition) is 2. The van der Waals surface area contributed by atoms with Crippen LogP contribution in [0.4, 0.5) is 0 Å². The minimum atomic E-state index is -0.000593. The maximum absolute atomic E-state index is 11.5. The molecule has 1 heterocycles. The average molecular weight is 350 g/mol. The van der Waals surface area contributed by atoms with Crippen molar-refractivity contribution in [3.63, 3.8) is 0 Å². The summed E-state index contributed by atoms with van der Waals surface area (Å²) in [6, 6.07) is 0. The summed E-state index contributed by atoms with van der Waals surface area (Å²) in [7, 11) is 0. The van der Waals surface area contributed by atoms with Crippen LogP contribution in [-0.2, 0) is 9.59 Å². The number of allylic oxidation sites excluding steroid dienone is 1. The van der Waals surface area contributed by atoms with E-state index < -0.39 is 0 Å². The quantitative estimate of drug-likeness (QED) is 0.148. The van der Waals surface area contributed by atoms with Crippen molar-refractivity contribution in [2.24, 2.45) is 0 Å². The molecule has 3 heteroatoms. The highest BCUT2D eigenvalue weighted by Gasteiger charge is 2.40. The van der Waals surface area contributed by atoms with Crippen LogP contribution in [-0.4, -0.2) is 18.4 Å². The standard InChI is InChI=1S/C22H39NO2/c1-2-3-4-5-6-7-8-9-10-11-12-13-14-15-16-17-20-23-21(24)18-19-22(23)25/h15-16H,2-14,17-20H2,1H3/q+1. The SMILES string of the molecule is CCCCCCCCCCCCCCC=CCC[N+]1C(=O)CCC1=O. The van der Waals surface area contributed by atoms with Crippen molar-refractivity contribution in [2.75, 3.05) is 6.54 Å². The number of imide groups is 1. The molecule has 1 rings (SSSR count). The van der Waals surface area contributed by atoms with E-state index in [4.69, 9.17) is 0 Å². The Labute approximate surface area is 155 Å². The highest BCUT2D eigenvalue weighted by molar-refractivity contribution is 6.05. The van der Waals surface area contributed by atoms with Gasteiger partial charge in [0, 0.05) is 6.42 Å². The Morgan fingerprint density at radius 2 is 1.12 bits per heavy atom. The molecular weight excluding hydrogens is 310 g/mol. The molecule has 0 N–H and O–H groups in total. The van der Waals surface area contributed by atoms with Gasteiger partial charge in [0.25, 0.3) is 0 Å². The highest BCUT2D eigenvalue weighted by Crippen LogP contribution is 2.13. The third kappa shape index (κ3) is 11.3. The Kier molecular flexibility index (Phi) is 13.5. The van der Waals surface area contributed by atoms with Crippen LogP contribution in [0.2, 0.25) is 0 Å². The number of likely N-dealkylation sites (tertiary alicyclic amines) is 1. The number of unbranched alkanes of at least 4 members (excludes halogenated alkanes) is 12. The van der Waals surface area contributed by atoms with Gasteiger partial charge in [-0.2, -0.15) is 0 Å². The monoisotopic (exact) mass is 349 g/mol. The maximum Gasteiger partial charge on any atom is 0.369 e. The Morgan fingerprint density at radius 3 is 1.64 bits per heavy atom. The van der Waals surface area contributed by atoms with Crippen LogP contribution in [0.25, 0.3) is 0 Å². The summed E-state index contributed by atoms with van der Waals surface area (Å²) >= 11 is 0. The molecule has 0 bridgehead atoms. The van der Waals surface area contributed by atoms with E-state index in [1.54, 1.807) is 0 Å². The van der Waals surface area contributed by atoms with Crippen LogP contribution in [0.3, 0.4) is 0 Å². The minimum Gasteiger partial charge on any atom is -0.225 e. The molecule has 25 heavy (non-hydrogen) atoms. The third-order valence-electron chi connectivity index (χ3n) is 5.07. The molecule has 1 saturated heterocycles. The zero-order valence-electron chi connectivity index (χ0n) is 16.4. The summed E-state index contributed by atoms with van der Waals surface area (Å²) in [6.45, 7) is 2.83. The van der Waals surface area contributed by atoms with Crippen LogP contribution in [0.1, 0.15) is 110 Å². The van der Waals surface area contributed by atoms with Crippen LogP contribution in [0, 0.1) is 0 Å². The van der Waals surface area contributed by atoms with Crippen LogP contribution >= 0.6 is 0 Å². The summed E-state index contributed by atoms with van der Waals surface area (Å²) in [5.74, 6) is -0.00119. The Bertz CT molecular complexity index is 373. The highest BCUT2D eigenvalue weighted by atomic mass is 16.2. The van der Waals surface area contributed by atoms with Gasteiger partial charge in [0.05, 0.1) is 12.8 Å². The minimum absolute atomic E-state index is 0.000593. The first kappa shape index (κ1) is 22.1. The van der Waals surface area contributed by atoms with Crippen molar-refractivity contribution in [1.29, 1.82) is 0 Å². The zero-order valence-corrected chi connectivity index (χ0v) is 16.4. The Hall–Kier alpha value is -0.960. The predicted octanol–water partition coefficient (Wildman–Crippen LogP) is 6.01. The second-order valence-electron chi connectivity index (χ2n) is 7.38. The number of nitrogens with zero attached hydrogens (tertiary/aromatic N) is 1. The fraction of sp³-hybridized carbons (Fsp3) is 0.818. The van der Waals surface area contributed by atoms with Gasteiger partial charge in [0.1, 0.15) is 6.54 Å². The van der Waals surface area contributed by atoms with Gasteiger partial charge in [-0.05, 0) is 17.7 Å². The summed E-state index contributed by atoms with van der Waals surface area (Å²) in [5.41, 5.74) is 0. The summed E-state index contributed by atoms with van der Waals surface area (Å²) < 4.78 is 0. The number of carbonyl (C=O) groups is 2. The lowest BCUT2D eigenvalue weighted by Crippen LogP contribution is -2.36. The van der Waals surface area contributed by atoms with Gasteiger partial charge < -0.3 is 0 Å².